The molecule has 2 aromatic carbocycles. The van der Waals surface area contributed by atoms with Crippen molar-refractivity contribution in [2.75, 3.05) is 6.61 Å². The Hall–Kier alpha value is -2.08. The number of ether oxygens (including phenoxy) is 1. The number of hydrogen-bond acceptors (Lipinski definition) is 2. The molecule has 0 amide bonds. The summed E-state index contributed by atoms with van der Waals surface area (Å²) in [5.41, 5.74) is 7.24. The van der Waals surface area contributed by atoms with E-state index in [9.17, 15) is 17.6 Å². The SMILES string of the molecule is NCc1cc(-c2cccc(F)c2)ccc1OCC(F)(F)F. The molecule has 0 aliphatic rings. The van der Waals surface area contributed by atoms with Crippen molar-refractivity contribution < 1.29 is 22.3 Å². The van der Waals surface area contributed by atoms with Crippen molar-refractivity contribution in [2.45, 2.75) is 12.7 Å². The predicted octanol–water partition coefficient (Wildman–Crippen LogP) is 3.89. The molecule has 21 heavy (non-hydrogen) atoms. The zero-order valence-corrected chi connectivity index (χ0v) is 11.0. The maximum atomic E-state index is 13.2. The molecule has 0 bridgehead atoms. The summed E-state index contributed by atoms with van der Waals surface area (Å²) in [5, 5.41) is 0. The highest BCUT2D eigenvalue weighted by Crippen LogP contribution is 2.28. The van der Waals surface area contributed by atoms with E-state index in [1.807, 2.05) is 0 Å². The summed E-state index contributed by atoms with van der Waals surface area (Å²) in [6.45, 7) is -1.35. The summed E-state index contributed by atoms with van der Waals surface area (Å²) < 4.78 is 54.4. The Bertz CT molecular complexity index is 625. The average molecular weight is 299 g/mol. The Labute approximate surface area is 119 Å². The van der Waals surface area contributed by atoms with E-state index in [1.165, 1.54) is 18.2 Å². The molecule has 0 saturated heterocycles. The van der Waals surface area contributed by atoms with Gasteiger partial charge in [0.25, 0.3) is 0 Å². The highest BCUT2D eigenvalue weighted by molar-refractivity contribution is 5.65. The maximum Gasteiger partial charge on any atom is 0.422 e. The average Bonchev–Trinajstić information content (AvgIpc) is 2.44. The van der Waals surface area contributed by atoms with Gasteiger partial charge < -0.3 is 10.5 Å². The first kappa shape index (κ1) is 15.3. The Morgan fingerprint density at radius 1 is 1.00 bits per heavy atom. The highest BCUT2D eigenvalue weighted by Gasteiger charge is 2.28. The minimum Gasteiger partial charge on any atom is -0.484 e. The van der Waals surface area contributed by atoms with Gasteiger partial charge in [-0.2, -0.15) is 13.2 Å². The molecule has 0 unspecified atom stereocenters. The largest absolute Gasteiger partial charge is 0.484 e. The van der Waals surface area contributed by atoms with Crippen LogP contribution in [0.4, 0.5) is 17.6 Å². The molecule has 0 aliphatic heterocycles. The molecule has 112 valence electrons. The highest BCUT2D eigenvalue weighted by atomic mass is 19.4. The van der Waals surface area contributed by atoms with Gasteiger partial charge in [-0.3, -0.25) is 0 Å². The molecule has 0 fully saturated rings. The number of nitrogens with two attached hydrogens (primary N) is 1. The van der Waals surface area contributed by atoms with Crippen LogP contribution < -0.4 is 10.5 Å². The van der Waals surface area contributed by atoms with Crippen molar-refractivity contribution in [3.63, 3.8) is 0 Å². The van der Waals surface area contributed by atoms with Crippen LogP contribution >= 0.6 is 0 Å². The fourth-order valence-electron chi connectivity index (χ4n) is 1.89. The van der Waals surface area contributed by atoms with Crippen LogP contribution in [0.1, 0.15) is 5.56 Å². The van der Waals surface area contributed by atoms with Crippen LogP contribution in [-0.2, 0) is 6.54 Å². The van der Waals surface area contributed by atoms with Crippen molar-refractivity contribution in [2.24, 2.45) is 5.73 Å². The Balaban J connectivity index is 2.28. The van der Waals surface area contributed by atoms with Gasteiger partial charge in [-0.25, -0.2) is 4.39 Å². The van der Waals surface area contributed by atoms with Gasteiger partial charge >= 0.3 is 6.18 Å². The molecule has 0 radical (unpaired) electrons. The molecule has 2 aromatic rings. The molecule has 0 heterocycles. The van der Waals surface area contributed by atoms with Gasteiger partial charge in [0.1, 0.15) is 11.6 Å². The van der Waals surface area contributed by atoms with E-state index in [-0.39, 0.29) is 18.1 Å². The summed E-state index contributed by atoms with van der Waals surface area (Å²) >= 11 is 0. The summed E-state index contributed by atoms with van der Waals surface area (Å²) in [4.78, 5) is 0. The Kier molecular flexibility index (Phi) is 4.47. The van der Waals surface area contributed by atoms with Crippen molar-refractivity contribution in [1.82, 2.24) is 0 Å². The van der Waals surface area contributed by atoms with E-state index in [2.05, 4.69) is 0 Å². The van der Waals surface area contributed by atoms with Crippen LogP contribution in [0.3, 0.4) is 0 Å². The fourth-order valence-corrected chi connectivity index (χ4v) is 1.89. The first-order valence-corrected chi connectivity index (χ1v) is 6.17. The van der Waals surface area contributed by atoms with Gasteiger partial charge in [0.2, 0.25) is 0 Å². The number of benzene rings is 2. The number of hydrogen-bond donors (Lipinski definition) is 1. The van der Waals surface area contributed by atoms with Gasteiger partial charge in [-0.05, 0) is 35.4 Å². The van der Waals surface area contributed by atoms with E-state index < -0.39 is 12.8 Å². The molecular formula is C15H13F4NO. The van der Waals surface area contributed by atoms with Gasteiger partial charge in [0.05, 0.1) is 0 Å². The smallest absolute Gasteiger partial charge is 0.422 e. The van der Waals surface area contributed by atoms with Crippen LogP contribution in [-0.4, -0.2) is 12.8 Å². The molecule has 0 atom stereocenters. The second-order valence-corrected chi connectivity index (χ2v) is 4.44. The number of halogens is 4. The number of alkyl halides is 3. The van der Waals surface area contributed by atoms with E-state index in [1.54, 1.807) is 24.3 Å². The number of rotatable bonds is 4. The van der Waals surface area contributed by atoms with Crippen LogP contribution in [0.15, 0.2) is 42.5 Å². The molecule has 2 rings (SSSR count). The van der Waals surface area contributed by atoms with Crippen LogP contribution in [0.25, 0.3) is 11.1 Å². The van der Waals surface area contributed by atoms with Gasteiger partial charge in [-0.15, -0.1) is 0 Å². The third kappa shape index (κ3) is 4.19. The first-order valence-electron chi connectivity index (χ1n) is 6.17. The van der Waals surface area contributed by atoms with Crippen LogP contribution in [0.2, 0.25) is 0 Å². The monoisotopic (exact) mass is 299 g/mol. The molecule has 0 aromatic heterocycles. The third-order valence-corrected chi connectivity index (χ3v) is 2.83. The lowest BCUT2D eigenvalue weighted by Crippen LogP contribution is -2.20. The van der Waals surface area contributed by atoms with E-state index in [4.69, 9.17) is 10.5 Å². The predicted molar refractivity (Wildman–Crippen MR) is 71.3 cm³/mol. The molecule has 0 spiro atoms. The standard InChI is InChI=1S/C15H13F4NO/c16-13-3-1-2-10(7-13)11-4-5-14(12(6-11)8-20)21-9-15(17,18)19/h1-7H,8-9,20H2. The summed E-state index contributed by atoms with van der Waals surface area (Å²) in [7, 11) is 0. The lowest BCUT2D eigenvalue weighted by molar-refractivity contribution is -0.153. The second-order valence-electron chi connectivity index (χ2n) is 4.44. The van der Waals surface area contributed by atoms with Crippen molar-refractivity contribution in [3.05, 3.63) is 53.8 Å². The minimum atomic E-state index is -4.41. The zero-order valence-electron chi connectivity index (χ0n) is 11.0. The quantitative estimate of drug-likeness (QED) is 0.869. The third-order valence-electron chi connectivity index (χ3n) is 2.83. The molecule has 2 nitrogen and oxygen atoms in total. The van der Waals surface area contributed by atoms with E-state index in [0.717, 1.165) is 0 Å². The molecule has 0 saturated carbocycles. The minimum absolute atomic E-state index is 0.0242. The topological polar surface area (TPSA) is 35.2 Å². The molecule has 6 heteroatoms. The maximum absolute atomic E-state index is 13.2. The van der Waals surface area contributed by atoms with Gasteiger partial charge in [-0.1, -0.05) is 18.2 Å². The van der Waals surface area contributed by atoms with Crippen LogP contribution in [0, 0.1) is 5.82 Å². The second kappa shape index (κ2) is 6.13. The van der Waals surface area contributed by atoms with Gasteiger partial charge in [0.15, 0.2) is 6.61 Å². The summed E-state index contributed by atoms with van der Waals surface area (Å²) in [6, 6.07) is 10.5. The van der Waals surface area contributed by atoms with E-state index >= 15 is 0 Å². The van der Waals surface area contributed by atoms with Crippen molar-refractivity contribution >= 4 is 0 Å². The van der Waals surface area contributed by atoms with Gasteiger partial charge in [0, 0.05) is 12.1 Å². The Morgan fingerprint density at radius 3 is 2.33 bits per heavy atom. The molecular weight excluding hydrogens is 286 g/mol. The first-order chi connectivity index (χ1) is 9.89. The van der Waals surface area contributed by atoms with Crippen molar-refractivity contribution in [1.29, 1.82) is 0 Å². The summed E-state index contributed by atoms with van der Waals surface area (Å²) in [5.74, 6) is -0.311. The molecule has 0 aliphatic carbocycles. The zero-order chi connectivity index (χ0) is 15.5. The fraction of sp³-hybridized carbons (Fsp3) is 0.200. The van der Waals surface area contributed by atoms with E-state index in [0.29, 0.717) is 16.7 Å². The van der Waals surface area contributed by atoms with Crippen molar-refractivity contribution in [3.8, 4) is 16.9 Å². The Morgan fingerprint density at radius 2 is 1.71 bits per heavy atom. The normalized spacial score (nSPS) is 11.5. The lowest BCUT2D eigenvalue weighted by atomic mass is 10.0. The molecule has 2 N–H and O–H groups in total. The van der Waals surface area contributed by atoms with Crippen LogP contribution in [0.5, 0.6) is 5.75 Å². The lowest BCUT2D eigenvalue weighted by Gasteiger charge is -2.13. The summed E-state index contributed by atoms with van der Waals surface area (Å²) in [6.07, 6.45) is -4.41.